The maximum absolute atomic E-state index is 12.4. The highest BCUT2D eigenvalue weighted by Gasteiger charge is 2.18. The molecule has 0 spiro atoms. The van der Waals surface area contributed by atoms with Gasteiger partial charge < -0.3 is 20.3 Å². The van der Waals surface area contributed by atoms with Gasteiger partial charge in [-0.05, 0) is 83.5 Å². The number of aliphatic hydroxyl groups excluding tert-OH is 2. The van der Waals surface area contributed by atoms with Crippen LogP contribution in [0.15, 0.2) is 36.5 Å². The zero-order valence-electron chi connectivity index (χ0n) is 51.3. The van der Waals surface area contributed by atoms with Crippen molar-refractivity contribution in [3.8, 4) is 0 Å². The first-order chi connectivity index (χ1) is 37.5. The third-order valence-corrected chi connectivity index (χ3v) is 15.9. The molecule has 0 bridgehead atoms. The number of amides is 1. The number of rotatable bonds is 64. The Labute approximate surface area is 474 Å². The van der Waals surface area contributed by atoms with Gasteiger partial charge in [-0.2, -0.15) is 0 Å². The second-order valence-corrected chi connectivity index (χ2v) is 23.5. The van der Waals surface area contributed by atoms with Crippen molar-refractivity contribution in [3.63, 3.8) is 0 Å². The molecule has 0 aliphatic carbocycles. The first-order valence-electron chi connectivity index (χ1n) is 34.3. The fraction of sp³-hybridized carbons (Fsp3) is 0.886. The van der Waals surface area contributed by atoms with Crippen LogP contribution in [0.3, 0.4) is 0 Å². The molecule has 3 N–H and O–H groups in total. The largest absolute Gasteiger partial charge is 0.466 e. The topological polar surface area (TPSA) is 95.9 Å². The van der Waals surface area contributed by atoms with Crippen LogP contribution in [0.4, 0.5) is 0 Å². The van der Waals surface area contributed by atoms with Crippen molar-refractivity contribution in [2.24, 2.45) is 0 Å². The Morgan fingerprint density at radius 1 is 0.355 bits per heavy atom. The first kappa shape index (κ1) is 74.1. The standard InChI is InChI=1S/C70H133NO5/c1-3-5-7-9-11-13-15-17-40-44-48-52-56-60-64-70(75)76-65-61-57-53-49-45-41-38-36-34-32-30-28-26-24-22-20-18-19-21-23-25-27-29-31-33-35-37-39-43-47-51-55-59-63-69(74)71-67(66-72)68(73)62-58-54-50-46-42-16-14-12-10-8-6-4-2/h15,17,22,24,58,62,67-68,72-73H,3-14,16,18-21,23,25-57,59-61,63-66H2,1-2H3,(H,71,74)/b17-15-,24-22-,62-58+. The summed E-state index contributed by atoms with van der Waals surface area (Å²) in [6.45, 7) is 4.90. The average Bonchev–Trinajstić information content (AvgIpc) is 3.42. The molecule has 76 heavy (non-hydrogen) atoms. The number of carbonyl (C=O) groups excluding carboxylic acids is 2. The third kappa shape index (κ3) is 61.3. The minimum Gasteiger partial charge on any atom is -0.466 e. The molecule has 0 heterocycles. The van der Waals surface area contributed by atoms with E-state index < -0.39 is 12.1 Å². The molecular weight excluding hydrogens is 935 g/mol. The van der Waals surface area contributed by atoms with E-state index in [2.05, 4.69) is 43.5 Å². The van der Waals surface area contributed by atoms with Crippen molar-refractivity contribution in [2.75, 3.05) is 13.2 Å². The number of carbonyl (C=O) groups is 2. The van der Waals surface area contributed by atoms with Crippen molar-refractivity contribution in [3.05, 3.63) is 36.5 Å². The van der Waals surface area contributed by atoms with Crippen LogP contribution < -0.4 is 5.32 Å². The molecule has 0 rings (SSSR count). The van der Waals surface area contributed by atoms with Crippen molar-refractivity contribution in [2.45, 2.75) is 386 Å². The van der Waals surface area contributed by atoms with E-state index in [0.29, 0.717) is 19.4 Å². The molecule has 0 saturated heterocycles. The van der Waals surface area contributed by atoms with E-state index in [0.717, 1.165) is 44.9 Å². The molecule has 0 aromatic carbocycles. The van der Waals surface area contributed by atoms with Crippen molar-refractivity contribution in [1.29, 1.82) is 0 Å². The van der Waals surface area contributed by atoms with E-state index in [1.54, 1.807) is 6.08 Å². The Bertz CT molecular complexity index is 1230. The van der Waals surface area contributed by atoms with Crippen LogP contribution in [0.1, 0.15) is 373 Å². The van der Waals surface area contributed by atoms with Crippen molar-refractivity contribution < 1.29 is 24.5 Å². The van der Waals surface area contributed by atoms with Gasteiger partial charge in [0.2, 0.25) is 5.91 Å². The molecule has 1 amide bonds. The summed E-state index contributed by atoms with van der Waals surface area (Å²) in [5, 5.41) is 23.1. The van der Waals surface area contributed by atoms with Gasteiger partial charge in [0, 0.05) is 12.8 Å². The number of ether oxygens (including phenoxy) is 1. The lowest BCUT2D eigenvalue weighted by molar-refractivity contribution is -0.143. The smallest absolute Gasteiger partial charge is 0.305 e. The zero-order chi connectivity index (χ0) is 55.0. The summed E-state index contributed by atoms with van der Waals surface area (Å²) >= 11 is 0. The van der Waals surface area contributed by atoms with Crippen LogP contribution >= 0.6 is 0 Å². The molecule has 0 saturated carbocycles. The second kappa shape index (κ2) is 65.6. The highest BCUT2D eigenvalue weighted by atomic mass is 16.5. The molecule has 2 atom stereocenters. The Balaban J connectivity index is 3.35. The van der Waals surface area contributed by atoms with Gasteiger partial charge in [-0.3, -0.25) is 9.59 Å². The number of aliphatic hydroxyl groups is 2. The number of unbranched alkanes of at least 4 members (excludes halogenated alkanes) is 49. The average molecular weight is 1070 g/mol. The summed E-state index contributed by atoms with van der Waals surface area (Å²) < 4.78 is 5.48. The highest BCUT2D eigenvalue weighted by Crippen LogP contribution is 2.18. The lowest BCUT2D eigenvalue weighted by Gasteiger charge is -2.20. The van der Waals surface area contributed by atoms with Gasteiger partial charge in [-0.15, -0.1) is 0 Å². The van der Waals surface area contributed by atoms with E-state index in [-0.39, 0.29) is 18.5 Å². The summed E-state index contributed by atoms with van der Waals surface area (Å²) in [7, 11) is 0. The van der Waals surface area contributed by atoms with Crippen molar-refractivity contribution in [1.82, 2.24) is 5.32 Å². The molecule has 0 radical (unpaired) electrons. The SMILES string of the molecule is CCCCCCC/C=C\CCCCCCCC(=O)OCCCCCCCCCCCCCC/C=C\CCCCCCCCCCCCCCCCCCCC(=O)NC(CO)C(O)/C=C/CCCCCCCCCCCC. The zero-order valence-corrected chi connectivity index (χ0v) is 51.3. The number of hydrogen-bond donors (Lipinski definition) is 3. The Morgan fingerprint density at radius 3 is 0.934 bits per heavy atom. The number of hydrogen-bond acceptors (Lipinski definition) is 5. The lowest BCUT2D eigenvalue weighted by atomic mass is 10.0. The molecule has 6 nitrogen and oxygen atoms in total. The number of allylic oxidation sites excluding steroid dienone is 5. The lowest BCUT2D eigenvalue weighted by Crippen LogP contribution is -2.45. The van der Waals surface area contributed by atoms with Gasteiger partial charge in [-0.25, -0.2) is 0 Å². The normalized spacial score (nSPS) is 12.7. The van der Waals surface area contributed by atoms with Crippen LogP contribution in [0.5, 0.6) is 0 Å². The van der Waals surface area contributed by atoms with Crippen LogP contribution in [0, 0.1) is 0 Å². The van der Waals surface area contributed by atoms with Crippen LogP contribution in [-0.2, 0) is 14.3 Å². The van der Waals surface area contributed by atoms with E-state index in [9.17, 15) is 19.8 Å². The summed E-state index contributed by atoms with van der Waals surface area (Å²) in [5.74, 6) is -0.0544. The predicted octanol–water partition coefficient (Wildman–Crippen LogP) is 21.9. The van der Waals surface area contributed by atoms with Gasteiger partial charge in [0.05, 0.1) is 25.4 Å². The number of esters is 1. The van der Waals surface area contributed by atoms with E-state index in [4.69, 9.17) is 4.74 Å². The van der Waals surface area contributed by atoms with E-state index >= 15 is 0 Å². The predicted molar refractivity (Wildman–Crippen MR) is 333 cm³/mol. The molecule has 0 fully saturated rings. The fourth-order valence-corrected chi connectivity index (χ4v) is 10.6. The third-order valence-electron chi connectivity index (χ3n) is 15.9. The Hall–Kier alpha value is -1.92. The van der Waals surface area contributed by atoms with E-state index in [1.165, 1.54) is 302 Å². The molecule has 2 unspecified atom stereocenters. The fourth-order valence-electron chi connectivity index (χ4n) is 10.6. The molecule has 6 heteroatoms. The van der Waals surface area contributed by atoms with Gasteiger partial charge in [0.1, 0.15) is 0 Å². The summed E-state index contributed by atoms with van der Waals surface area (Å²) in [6, 6.07) is -0.624. The molecule has 0 aliphatic rings. The van der Waals surface area contributed by atoms with Crippen molar-refractivity contribution >= 4 is 11.9 Å². The van der Waals surface area contributed by atoms with Crippen LogP contribution in [-0.4, -0.2) is 47.4 Å². The van der Waals surface area contributed by atoms with E-state index in [1.807, 2.05) is 6.08 Å². The monoisotopic (exact) mass is 1070 g/mol. The quantitative estimate of drug-likeness (QED) is 0.0320. The van der Waals surface area contributed by atoms with Gasteiger partial charge >= 0.3 is 5.97 Å². The maximum atomic E-state index is 12.4. The van der Waals surface area contributed by atoms with Gasteiger partial charge in [0.25, 0.3) is 0 Å². The summed E-state index contributed by atoms with van der Waals surface area (Å²) in [4.78, 5) is 24.5. The molecule has 0 aromatic heterocycles. The second-order valence-electron chi connectivity index (χ2n) is 23.5. The minimum atomic E-state index is -0.841. The molecule has 448 valence electrons. The molecular formula is C70H133NO5. The minimum absolute atomic E-state index is 0.0100. The Morgan fingerprint density at radius 2 is 0.618 bits per heavy atom. The number of nitrogens with one attached hydrogen (secondary N) is 1. The summed E-state index contributed by atoms with van der Waals surface area (Å²) in [5.41, 5.74) is 0. The molecule has 0 aromatic rings. The maximum Gasteiger partial charge on any atom is 0.305 e. The Kier molecular flexibility index (Phi) is 63.9. The highest BCUT2D eigenvalue weighted by molar-refractivity contribution is 5.76. The van der Waals surface area contributed by atoms with Gasteiger partial charge in [0.15, 0.2) is 0 Å². The van der Waals surface area contributed by atoms with Crippen LogP contribution in [0.25, 0.3) is 0 Å². The van der Waals surface area contributed by atoms with Gasteiger partial charge in [-0.1, -0.05) is 314 Å². The van der Waals surface area contributed by atoms with Crippen LogP contribution in [0.2, 0.25) is 0 Å². The molecule has 0 aliphatic heterocycles. The summed E-state index contributed by atoms with van der Waals surface area (Å²) in [6.07, 6.45) is 83.7. The first-order valence-corrected chi connectivity index (χ1v) is 34.3.